The predicted molar refractivity (Wildman–Crippen MR) is 138 cm³/mol. The number of quaternary nitrogens is 1. The van der Waals surface area contributed by atoms with Crippen LogP contribution in [0.4, 0.5) is 19.3 Å². The van der Waals surface area contributed by atoms with Gasteiger partial charge in [0.15, 0.2) is 5.69 Å². The first-order chi connectivity index (χ1) is 17.9. The van der Waals surface area contributed by atoms with Crippen LogP contribution < -0.4 is 18.5 Å². The predicted octanol–water partition coefficient (Wildman–Crippen LogP) is 4.52. The van der Waals surface area contributed by atoms with E-state index < -0.39 is 59.3 Å². The molecule has 1 heterocycles. The SMILES string of the molecule is CCS(=O)(=O)[N+](C(N)=O)(c1ccc2c(c1)C(c1ccccc1)Oc1cccc(OC(F)F)c1-2)S(=O)(=O)CC. The van der Waals surface area contributed by atoms with Gasteiger partial charge >= 0.3 is 32.7 Å². The topological polar surface area (TPSA) is 130 Å². The Labute approximate surface area is 219 Å². The van der Waals surface area contributed by atoms with Gasteiger partial charge in [-0.05, 0) is 46.5 Å². The van der Waals surface area contributed by atoms with E-state index in [4.69, 9.17) is 15.2 Å². The number of benzene rings is 3. The molecule has 0 aliphatic carbocycles. The highest BCUT2D eigenvalue weighted by atomic mass is 32.3. The summed E-state index contributed by atoms with van der Waals surface area (Å²) in [5.74, 6) is -1.40. The Morgan fingerprint density at radius 3 is 2.16 bits per heavy atom. The minimum absolute atomic E-state index is 0.162. The summed E-state index contributed by atoms with van der Waals surface area (Å²) in [6.07, 6.45) is -0.913. The molecule has 3 aromatic rings. The number of hydrogen-bond donors (Lipinski definition) is 1. The quantitative estimate of drug-likeness (QED) is 0.396. The number of alkyl halides is 2. The van der Waals surface area contributed by atoms with Crippen LogP contribution >= 0.6 is 0 Å². The number of fused-ring (bicyclic) bond motifs is 3. The van der Waals surface area contributed by atoms with E-state index >= 15 is 0 Å². The van der Waals surface area contributed by atoms with E-state index in [-0.39, 0.29) is 22.6 Å². The summed E-state index contributed by atoms with van der Waals surface area (Å²) in [5, 5.41) is 0. The number of primary amides is 1. The minimum Gasteiger partial charge on any atom is -0.480 e. The number of hydrogen-bond acceptors (Lipinski definition) is 7. The molecule has 0 spiro atoms. The standard InChI is InChI=1S/C25H24F2N2O7S2/c1-3-37(31,32)29(25(28)30,38(33,34)4-2)17-13-14-18-19(15-17)23(16-9-6-5-7-10-16)35-20-11-8-12-21(22(18)20)36-24(26)27/h5-15,23-24H,3-4H2,1-2H3,(H-,28,30)/p+1. The Kier molecular flexibility index (Phi) is 7.21. The van der Waals surface area contributed by atoms with Gasteiger partial charge in [0.2, 0.25) is 0 Å². The largest absolute Gasteiger partial charge is 0.480 e. The van der Waals surface area contributed by atoms with Crippen LogP contribution in [0, 0.1) is 0 Å². The van der Waals surface area contributed by atoms with Crippen molar-refractivity contribution in [1.29, 1.82) is 0 Å². The van der Waals surface area contributed by atoms with Gasteiger partial charge in [-0.25, -0.2) is 4.79 Å². The van der Waals surface area contributed by atoms with Crippen molar-refractivity contribution in [1.82, 2.24) is 3.29 Å². The van der Waals surface area contributed by atoms with E-state index in [0.29, 0.717) is 11.1 Å². The van der Waals surface area contributed by atoms with E-state index in [0.717, 1.165) is 6.07 Å². The number of carbonyl (C=O) groups is 1. The fourth-order valence-corrected chi connectivity index (χ4v) is 8.73. The molecular weight excluding hydrogens is 542 g/mol. The van der Waals surface area contributed by atoms with E-state index in [2.05, 4.69) is 0 Å². The number of nitrogens with zero attached hydrogens (tertiary/aromatic N) is 1. The second-order valence-electron chi connectivity index (χ2n) is 8.32. The monoisotopic (exact) mass is 567 g/mol. The maximum Gasteiger partial charge on any atom is 0.450 e. The van der Waals surface area contributed by atoms with Gasteiger partial charge in [-0.1, -0.05) is 36.4 Å². The molecule has 1 aliphatic rings. The normalized spacial score (nSPS) is 15.3. The highest BCUT2D eigenvalue weighted by Gasteiger charge is 2.60. The second-order valence-corrected chi connectivity index (χ2v) is 13.1. The summed E-state index contributed by atoms with van der Waals surface area (Å²) in [4.78, 5) is 12.8. The molecule has 0 saturated heterocycles. The minimum atomic E-state index is -4.73. The van der Waals surface area contributed by atoms with Crippen molar-refractivity contribution >= 4 is 31.8 Å². The first-order valence-corrected chi connectivity index (χ1v) is 14.7. The first kappa shape index (κ1) is 27.5. The molecule has 202 valence electrons. The van der Waals surface area contributed by atoms with Crippen LogP contribution in [0.5, 0.6) is 11.5 Å². The van der Waals surface area contributed by atoms with E-state index in [1.54, 1.807) is 36.4 Å². The van der Waals surface area contributed by atoms with Gasteiger partial charge in [0, 0.05) is 17.7 Å². The number of carbonyl (C=O) groups excluding carboxylic acids is 1. The summed E-state index contributed by atoms with van der Waals surface area (Å²) < 4.78 is 88.4. The van der Waals surface area contributed by atoms with Crippen LogP contribution in [-0.4, -0.2) is 41.0 Å². The second kappa shape index (κ2) is 9.97. The summed E-state index contributed by atoms with van der Waals surface area (Å²) >= 11 is 0. The van der Waals surface area contributed by atoms with Gasteiger partial charge in [-0.15, -0.1) is 0 Å². The highest BCUT2D eigenvalue weighted by molar-refractivity contribution is 8.08. The van der Waals surface area contributed by atoms with Crippen molar-refractivity contribution in [2.24, 2.45) is 5.73 Å². The highest BCUT2D eigenvalue weighted by Crippen LogP contribution is 2.51. The van der Waals surface area contributed by atoms with Crippen molar-refractivity contribution in [2.45, 2.75) is 26.6 Å². The molecule has 3 aromatic carbocycles. The molecule has 1 aliphatic heterocycles. The molecule has 0 saturated carbocycles. The molecule has 9 nitrogen and oxygen atoms in total. The number of amides is 2. The lowest BCUT2D eigenvalue weighted by molar-refractivity contribution is -0.0496. The van der Waals surface area contributed by atoms with E-state index in [1.165, 1.54) is 38.1 Å². The molecule has 2 amide bonds. The summed E-state index contributed by atoms with van der Waals surface area (Å²) in [6.45, 7) is -0.733. The fourth-order valence-electron chi connectivity index (χ4n) is 4.57. The third-order valence-electron chi connectivity index (χ3n) is 6.28. The molecule has 1 unspecified atom stereocenters. The van der Waals surface area contributed by atoms with Crippen LogP contribution in [0.2, 0.25) is 0 Å². The van der Waals surface area contributed by atoms with Gasteiger partial charge in [0.1, 0.15) is 17.6 Å². The molecule has 0 bridgehead atoms. The molecule has 13 heteroatoms. The van der Waals surface area contributed by atoms with Crippen LogP contribution in [0.3, 0.4) is 0 Å². The average molecular weight is 568 g/mol. The number of ether oxygens (including phenoxy) is 2. The van der Waals surface area contributed by atoms with Crippen LogP contribution in [0.1, 0.15) is 31.1 Å². The summed E-state index contributed by atoms with van der Waals surface area (Å²) in [6, 6.07) is 15.1. The molecule has 38 heavy (non-hydrogen) atoms. The zero-order chi connectivity index (χ0) is 27.9. The molecule has 1 atom stereocenters. The van der Waals surface area contributed by atoms with E-state index in [1.807, 2.05) is 0 Å². The van der Waals surface area contributed by atoms with Crippen molar-refractivity contribution in [3.8, 4) is 22.6 Å². The molecule has 0 aromatic heterocycles. The number of sulfonamides is 2. The summed E-state index contributed by atoms with van der Waals surface area (Å²) in [5.41, 5.74) is 6.42. The number of rotatable bonds is 8. The van der Waals surface area contributed by atoms with Crippen LogP contribution in [-0.2, 0) is 20.0 Å². The zero-order valence-corrected chi connectivity index (χ0v) is 22.0. The smallest absolute Gasteiger partial charge is 0.450 e. The molecule has 0 radical (unpaired) electrons. The zero-order valence-electron chi connectivity index (χ0n) is 20.4. The first-order valence-electron chi connectivity index (χ1n) is 11.5. The number of urea groups is 1. The Hall–Kier alpha value is -3.55. The Bertz CT molecular complexity index is 1560. The van der Waals surface area contributed by atoms with Gasteiger partial charge in [0.25, 0.3) is 0 Å². The third-order valence-corrected chi connectivity index (χ3v) is 11.5. The average Bonchev–Trinajstić information content (AvgIpc) is 2.88. The molecular formula is C25H25F2N2O7S2+. The molecule has 2 N–H and O–H groups in total. The van der Waals surface area contributed by atoms with Crippen LogP contribution in [0.25, 0.3) is 11.1 Å². The van der Waals surface area contributed by atoms with Gasteiger partial charge < -0.3 is 15.2 Å². The lowest BCUT2D eigenvalue weighted by Crippen LogP contribution is -2.65. The third kappa shape index (κ3) is 4.20. The van der Waals surface area contributed by atoms with Gasteiger partial charge in [-0.3, -0.25) is 0 Å². The molecule has 4 rings (SSSR count). The Morgan fingerprint density at radius 2 is 1.61 bits per heavy atom. The molecule has 0 fully saturated rings. The number of nitrogens with two attached hydrogens (primary N) is 1. The van der Waals surface area contributed by atoms with Crippen molar-refractivity contribution in [2.75, 3.05) is 11.5 Å². The Morgan fingerprint density at radius 1 is 0.974 bits per heavy atom. The van der Waals surface area contributed by atoms with E-state index in [9.17, 15) is 30.4 Å². The maximum atomic E-state index is 13.3. The van der Waals surface area contributed by atoms with Crippen molar-refractivity contribution < 1.29 is 39.9 Å². The maximum absolute atomic E-state index is 13.3. The van der Waals surface area contributed by atoms with Gasteiger partial charge in [0.05, 0.1) is 17.1 Å². The van der Waals surface area contributed by atoms with Crippen LogP contribution in [0.15, 0.2) is 66.7 Å². The fraction of sp³-hybridized carbons (Fsp3) is 0.240. The van der Waals surface area contributed by atoms with Crippen molar-refractivity contribution in [3.05, 3.63) is 77.9 Å². The summed E-state index contributed by atoms with van der Waals surface area (Å²) in [7, 11) is -9.45. The Balaban J connectivity index is 2.11. The lowest BCUT2D eigenvalue weighted by atomic mass is 9.88. The van der Waals surface area contributed by atoms with Gasteiger partial charge in [-0.2, -0.15) is 25.6 Å². The lowest BCUT2D eigenvalue weighted by Gasteiger charge is -2.33. The van der Waals surface area contributed by atoms with Crippen molar-refractivity contribution in [3.63, 3.8) is 0 Å². The number of halogens is 2.